The van der Waals surface area contributed by atoms with Gasteiger partial charge in [0.1, 0.15) is 5.75 Å². The van der Waals surface area contributed by atoms with Crippen molar-refractivity contribution in [2.24, 2.45) is 4.99 Å². The van der Waals surface area contributed by atoms with E-state index in [9.17, 15) is 4.79 Å². The molecule has 4 rings (SSSR count). The molecule has 8 heteroatoms. The number of hydrogen-bond acceptors (Lipinski definition) is 5. The van der Waals surface area contributed by atoms with E-state index in [1.165, 1.54) is 20.1 Å². The van der Waals surface area contributed by atoms with Gasteiger partial charge in [-0.05, 0) is 0 Å². The SMILES string of the molecule is CC(=O)O.O=C1N=C(Nc2cc[c]([Na])cc2)SC1=Cc1ccc2c(c1)CCO2. The molecule has 2 aromatic rings. The summed E-state index contributed by atoms with van der Waals surface area (Å²) in [4.78, 5) is 25.9. The molecule has 28 heavy (non-hydrogen) atoms. The second-order valence-corrected chi connectivity index (χ2v) is 8.49. The number of nitrogens with zero attached hydrogens (tertiary/aromatic N) is 1. The molecule has 2 aliphatic heterocycles. The average Bonchev–Trinajstić information content (AvgIpc) is 3.23. The normalized spacial score (nSPS) is 16.0. The van der Waals surface area contributed by atoms with Crippen LogP contribution in [0.2, 0.25) is 0 Å². The smallest absolute Gasteiger partial charge is 0.0924 e. The van der Waals surface area contributed by atoms with Crippen LogP contribution in [0.15, 0.2) is 52.4 Å². The second-order valence-electron chi connectivity index (χ2n) is 6.31. The Labute approximate surface area is 184 Å². The number of carbonyl (C=O) groups excluding carboxylic acids is 1. The van der Waals surface area contributed by atoms with E-state index in [0.29, 0.717) is 10.1 Å². The quantitative estimate of drug-likeness (QED) is 0.591. The number of anilines is 1. The van der Waals surface area contributed by atoms with Crippen molar-refractivity contribution < 1.29 is 19.4 Å². The minimum atomic E-state index is -0.833. The van der Waals surface area contributed by atoms with Crippen LogP contribution in [0.5, 0.6) is 5.75 Å². The fraction of sp³-hybridized carbons (Fsp3) is 0.150. The van der Waals surface area contributed by atoms with Gasteiger partial charge in [-0.25, -0.2) is 0 Å². The molecule has 0 saturated carbocycles. The van der Waals surface area contributed by atoms with Crippen molar-refractivity contribution in [3.05, 3.63) is 58.5 Å². The van der Waals surface area contributed by atoms with E-state index in [2.05, 4.69) is 28.5 Å². The monoisotopic (exact) mass is 404 g/mol. The summed E-state index contributed by atoms with van der Waals surface area (Å²) in [5.74, 6) is -0.0812. The molecule has 2 aliphatic rings. The standard InChI is InChI=1S/C18H13N2O2S.C2H4O2.Na/c21-17-16(11-12-6-7-15-13(10-12)8-9-22-15)23-18(20-17)19-14-4-2-1-3-5-14;1-2(3)4;/h2-7,10-11H,8-9H2,(H,19,20,21);1H3,(H,3,4);. The van der Waals surface area contributed by atoms with Gasteiger partial charge in [-0.3, -0.25) is 4.79 Å². The first-order valence-electron chi connectivity index (χ1n) is 8.72. The molecule has 0 unspecified atom stereocenters. The number of hydrogen-bond donors (Lipinski definition) is 2. The van der Waals surface area contributed by atoms with Gasteiger partial charge in [-0.2, -0.15) is 0 Å². The molecule has 0 fully saturated rings. The van der Waals surface area contributed by atoms with Gasteiger partial charge >= 0.3 is 139 Å². The summed E-state index contributed by atoms with van der Waals surface area (Å²) in [6.07, 6.45) is 2.82. The Hall–Kier alpha value is -2.06. The number of fused-ring (bicyclic) bond motifs is 1. The Bertz CT molecular complexity index is 967. The summed E-state index contributed by atoms with van der Waals surface area (Å²) in [6, 6.07) is 14.2. The zero-order chi connectivity index (χ0) is 20.1. The second kappa shape index (κ2) is 9.43. The van der Waals surface area contributed by atoms with Gasteiger partial charge in [-0.1, -0.05) is 0 Å². The Morgan fingerprint density at radius 1 is 1.29 bits per heavy atom. The summed E-state index contributed by atoms with van der Waals surface area (Å²) in [5, 5.41) is 11.2. The maximum atomic E-state index is 12.1. The van der Waals surface area contributed by atoms with Crippen LogP contribution in [0.1, 0.15) is 18.1 Å². The molecular formula is C20H17N2NaO4S. The van der Waals surface area contributed by atoms with Crippen molar-refractivity contribution in [2.75, 3.05) is 11.9 Å². The Kier molecular flexibility index (Phi) is 6.96. The molecule has 0 bridgehead atoms. The average molecular weight is 404 g/mol. The Morgan fingerprint density at radius 2 is 2.00 bits per heavy atom. The predicted molar refractivity (Wildman–Crippen MR) is 112 cm³/mol. The van der Waals surface area contributed by atoms with Crippen LogP contribution in [0.25, 0.3) is 6.08 Å². The van der Waals surface area contributed by atoms with E-state index in [0.717, 1.165) is 64.9 Å². The van der Waals surface area contributed by atoms with Crippen LogP contribution in [0, 0.1) is 0 Å². The number of benzene rings is 2. The number of amidine groups is 1. The molecule has 1 amide bonds. The largest absolute Gasteiger partial charge is 0.493 e. The summed E-state index contributed by atoms with van der Waals surface area (Å²) < 4.78 is 6.85. The van der Waals surface area contributed by atoms with Crippen LogP contribution >= 0.6 is 11.8 Å². The number of amides is 1. The van der Waals surface area contributed by atoms with E-state index in [-0.39, 0.29) is 5.91 Å². The maximum absolute atomic E-state index is 12.1. The number of aliphatic imine (C=N–C) groups is 1. The summed E-state index contributed by atoms with van der Waals surface area (Å²) >= 11 is 2.41. The molecule has 0 spiro atoms. The topological polar surface area (TPSA) is 88.0 Å². The molecule has 6 nitrogen and oxygen atoms in total. The third kappa shape index (κ3) is 5.72. The summed E-state index contributed by atoms with van der Waals surface area (Å²) in [7, 11) is 0. The molecular weight excluding hydrogens is 387 g/mol. The minimum Gasteiger partial charge on any atom is -0.493 e. The number of thioether (sulfide) groups is 1. The van der Waals surface area contributed by atoms with Gasteiger partial charge < -0.3 is 9.84 Å². The van der Waals surface area contributed by atoms with Crippen LogP contribution in [-0.2, 0) is 16.0 Å². The van der Waals surface area contributed by atoms with Crippen molar-refractivity contribution >= 4 is 71.3 Å². The number of ether oxygens (including phenoxy) is 1. The van der Waals surface area contributed by atoms with Crippen molar-refractivity contribution in [1.29, 1.82) is 0 Å². The van der Waals surface area contributed by atoms with E-state index in [4.69, 9.17) is 14.6 Å². The van der Waals surface area contributed by atoms with Gasteiger partial charge in [0.2, 0.25) is 0 Å². The fourth-order valence-corrected chi connectivity index (χ4v) is 3.84. The number of rotatable bonds is 2. The first-order valence-corrected chi connectivity index (χ1v) is 10.5. The maximum Gasteiger partial charge on any atom is 0.0924 e. The number of carboxylic acid groups (broad SMARTS) is 1. The molecule has 2 aromatic carbocycles. The van der Waals surface area contributed by atoms with Crippen molar-refractivity contribution in [3.8, 4) is 5.75 Å². The van der Waals surface area contributed by atoms with E-state index < -0.39 is 5.97 Å². The molecule has 0 atom stereocenters. The molecule has 2 N–H and O–H groups in total. The molecule has 0 aromatic heterocycles. The number of carbonyl (C=O) groups is 2. The summed E-state index contributed by atoms with van der Waals surface area (Å²) in [5.41, 5.74) is 3.15. The van der Waals surface area contributed by atoms with E-state index >= 15 is 0 Å². The summed E-state index contributed by atoms with van der Waals surface area (Å²) in [6.45, 7) is 1.82. The number of carboxylic acids is 1. The van der Waals surface area contributed by atoms with Crippen molar-refractivity contribution in [1.82, 2.24) is 0 Å². The third-order valence-corrected chi connectivity index (χ3v) is 5.50. The van der Waals surface area contributed by atoms with Crippen molar-refractivity contribution in [2.45, 2.75) is 13.3 Å². The molecule has 138 valence electrons. The first kappa shape index (κ1) is 20.7. The predicted octanol–water partition coefficient (Wildman–Crippen LogP) is 2.59. The van der Waals surface area contributed by atoms with Gasteiger partial charge in [-0.15, -0.1) is 0 Å². The Morgan fingerprint density at radius 3 is 2.71 bits per heavy atom. The zero-order valence-corrected chi connectivity index (χ0v) is 18.4. The van der Waals surface area contributed by atoms with Gasteiger partial charge in [0.25, 0.3) is 5.97 Å². The fourth-order valence-electron chi connectivity index (χ4n) is 2.67. The van der Waals surface area contributed by atoms with Crippen LogP contribution in [0.3, 0.4) is 0 Å². The van der Waals surface area contributed by atoms with E-state index in [1.807, 2.05) is 30.3 Å². The first-order chi connectivity index (χ1) is 13.4. The zero-order valence-electron chi connectivity index (χ0n) is 15.6. The van der Waals surface area contributed by atoms with Gasteiger partial charge in [0.05, 0.1) is 6.61 Å². The van der Waals surface area contributed by atoms with Crippen LogP contribution in [-0.4, -0.2) is 56.7 Å². The number of nitrogens with one attached hydrogen (secondary N) is 1. The van der Waals surface area contributed by atoms with Crippen LogP contribution in [0.4, 0.5) is 5.69 Å². The van der Waals surface area contributed by atoms with E-state index in [1.54, 1.807) is 0 Å². The Balaban J connectivity index is 0.000000516. The molecule has 0 aliphatic carbocycles. The van der Waals surface area contributed by atoms with Crippen molar-refractivity contribution in [3.63, 3.8) is 0 Å². The third-order valence-electron chi connectivity index (χ3n) is 3.93. The molecule has 0 radical (unpaired) electrons. The van der Waals surface area contributed by atoms with Gasteiger partial charge in [0.15, 0.2) is 0 Å². The number of aliphatic carboxylic acids is 1. The minimum absolute atomic E-state index is 0.196. The van der Waals surface area contributed by atoms with Gasteiger partial charge in [0, 0.05) is 13.3 Å². The molecule has 2 heterocycles. The van der Waals surface area contributed by atoms with Crippen LogP contribution < -0.4 is 12.9 Å². The molecule has 0 saturated heterocycles.